The maximum atomic E-state index is 6.17. The molecule has 150 valence electrons. The lowest BCUT2D eigenvalue weighted by Crippen LogP contribution is -1.84. The van der Waals surface area contributed by atoms with Gasteiger partial charge >= 0.3 is 0 Å². The van der Waals surface area contributed by atoms with E-state index in [1.54, 1.807) is 0 Å². The van der Waals surface area contributed by atoms with E-state index in [0.29, 0.717) is 0 Å². The van der Waals surface area contributed by atoms with Gasteiger partial charge in [0, 0.05) is 39.4 Å². The normalized spacial score (nSPS) is 11.8. The van der Waals surface area contributed by atoms with Crippen LogP contribution in [0.25, 0.3) is 66.3 Å². The first-order valence-corrected chi connectivity index (χ1v) is 10.6. The standard InChI is InChI=1S/C29H17NO2/c1-2-10-26-21(8-1)23-16-24-22-15-19(11-12-27(22)32-29(24)17-28(23)31-26)18-6-5-7-20(14-18)25-9-3-4-13-30-25/h1-17H. The van der Waals surface area contributed by atoms with E-state index in [1.165, 1.54) is 0 Å². The van der Waals surface area contributed by atoms with E-state index in [2.05, 4.69) is 59.6 Å². The molecule has 0 N–H and O–H groups in total. The van der Waals surface area contributed by atoms with E-state index in [9.17, 15) is 0 Å². The zero-order valence-corrected chi connectivity index (χ0v) is 17.1. The number of aromatic nitrogens is 1. The SMILES string of the molecule is c1ccc(-c2cccc(-c3ccc4oc5cc6oc7ccccc7c6cc5c4c3)c2)nc1. The molecule has 0 aliphatic carbocycles. The third-order valence-electron chi connectivity index (χ3n) is 6.13. The summed E-state index contributed by atoms with van der Waals surface area (Å²) in [6.07, 6.45) is 1.83. The molecule has 7 rings (SSSR count). The van der Waals surface area contributed by atoms with Crippen LogP contribution < -0.4 is 0 Å². The van der Waals surface area contributed by atoms with Crippen LogP contribution in [0.1, 0.15) is 0 Å². The van der Waals surface area contributed by atoms with Gasteiger partial charge in [0.15, 0.2) is 0 Å². The molecule has 7 aromatic rings. The molecule has 3 aromatic heterocycles. The molecule has 0 aliphatic rings. The summed E-state index contributed by atoms with van der Waals surface area (Å²) in [6.45, 7) is 0. The number of hydrogen-bond donors (Lipinski definition) is 0. The van der Waals surface area contributed by atoms with Crippen molar-refractivity contribution in [3.05, 3.63) is 103 Å². The van der Waals surface area contributed by atoms with Gasteiger partial charge in [-0.15, -0.1) is 0 Å². The molecular weight excluding hydrogens is 394 g/mol. The number of hydrogen-bond acceptors (Lipinski definition) is 3. The minimum atomic E-state index is 0.839. The fraction of sp³-hybridized carbons (Fsp3) is 0. The molecule has 0 atom stereocenters. The van der Waals surface area contributed by atoms with Crippen molar-refractivity contribution >= 4 is 43.9 Å². The van der Waals surface area contributed by atoms with Gasteiger partial charge in [-0.05, 0) is 53.6 Å². The zero-order chi connectivity index (χ0) is 21.1. The Morgan fingerprint density at radius 2 is 1.16 bits per heavy atom. The predicted molar refractivity (Wildman–Crippen MR) is 130 cm³/mol. The molecular formula is C29H17NO2. The van der Waals surface area contributed by atoms with Crippen molar-refractivity contribution in [3.63, 3.8) is 0 Å². The van der Waals surface area contributed by atoms with Crippen molar-refractivity contribution in [2.24, 2.45) is 0 Å². The van der Waals surface area contributed by atoms with Crippen LogP contribution in [0.2, 0.25) is 0 Å². The van der Waals surface area contributed by atoms with Crippen LogP contribution in [0, 0.1) is 0 Å². The maximum absolute atomic E-state index is 6.17. The second-order valence-electron chi connectivity index (χ2n) is 8.05. The molecule has 0 unspecified atom stereocenters. The highest BCUT2D eigenvalue weighted by Gasteiger charge is 2.14. The Morgan fingerprint density at radius 3 is 2.03 bits per heavy atom. The third-order valence-corrected chi connectivity index (χ3v) is 6.13. The van der Waals surface area contributed by atoms with Crippen LogP contribution in [0.5, 0.6) is 0 Å². The fourth-order valence-electron chi connectivity index (χ4n) is 4.57. The van der Waals surface area contributed by atoms with Crippen molar-refractivity contribution < 1.29 is 8.83 Å². The molecule has 0 saturated heterocycles. The highest BCUT2D eigenvalue weighted by atomic mass is 16.3. The predicted octanol–water partition coefficient (Wildman–Crippen LogP) is 8.21. The van der Waals surface area contributed by atoms with Crippen LogP contribution >= 0.6 is 0 Å². The number of furan rings is 2. The fourth-order valence-corrected chi connectivity index (χ4v) is 4.57. The van der Waals surface area contributed by atoms with Gasteiger partial charge in [-0.25, -0.2) is 0 Å². The van der Waals surface area contributed by atoms with Crippen molar-refractivity contribution in [1.82, 2.24) is 4.98 Å². The van der Waals surface area contributed by atoms with Gasteiger partial charge in [0.25, 0.3) is 0 Å². The van der Waals surface area contributed by atoms with Gasteiger partial charge in [0.05, 0.1) is 5.69 Å². The summed E-state index contributed by atoms with van der Waals surface area (Å²) in [6, 6.07) is 33.2. The molecule has 0 fully saturated rings. The van der Waals surface area contributed by atoms with Crippen LogP contribution in [-0.4, -0.2) is 4.98 Å². The van der Waals surface area contributed by atoms with Gasteiger partial charge in [-0.2, -0.15) is 0 Å². The summed E-state index contributed by atoms with van der Waals surface area (Å²) in [5.74, 6) is 0. The number of nitrogens with zero attached hydrogens (tertiary/aromatic N) is 1. The summed E-state index contributed by atoms with van der Waals surface area (Å²) in [7, 11) is 0. The van der Waals surface area contributed by atoms with Gasteiger partial charge in [0.2, 0.25) is 0 Å². The first-order valence-electron chi connectivity index (χ1n) is 10.6. The molecule has 3 heterocycles. The van der Waals surface area contributed by atoms with Gasteiger partial charge < -0.3 is 8.83 Å². The molecule has 0 spiro atoms. The molecule has 0 saturated carbocycles. The number of rotatable bonds is 2. The first-order chi connectivity index (χ1) is 15.8. The quantitative estimate of drug-likeness (QED) is 0.288. The van der Waals surface area contributed by atoms with Crippen LogP contribution in [-0.2, 0) is 0 Å². The smallest absolute Gasteiger partial charge is 0.139 e. The third kappa shape index (κ3) is 2.58. The lowest BCUT2D eigenvalue weighted by molar-refractivity contribution is 0.656. The maximum Gasteiger partial charge on any atom is 0.139 e. The largest absolute Gasteiger partial charge is 0.456 e. The van der Waals surface area contributed by atoms with Crippen molar-refractivity contribution in [2.45, 2.75) is 0 Å². The topological polar surface area (TPSA) is 39.2 Å². The summed E-state index contributed by atoms with van der Waals surface area (Å²) in [5, 5.41) is 4.44. The van der Waals surface area contributed by atoms with Gasteiger partial charge in [0.1, 0.15) is 22.3 Å². The first kappa shape index (κ1) is 17.3. The Hall–Kier alpha value is -4.37. The summed E-state index contributed by atoms with van der Waals surface area (Å²) < 4.78 is 12.2. The number of pyridine rings is 1. The Balaban J connectivity index is 1.43. The molecule has 0 aliphatic heterocycles. The highest BCUT2D eigenvalue weighted by Crippen LogP contribution is 2.38. The Morgan fingerprint density at radius 1 is 0.438 bits per heavy atom. The van der Waals surface area contributed by atoms with E-state index >= 15 is 0 Å². The lowest BCUT2D eigenvalue weighted by Gasteiger charge is -2.06. The van der Waals surface area contributed by atoms with Gasteiger partial charge in [-0.1, -0.05) is 48.5 Å². The minimum absolute atomic E-state index is 0.839. The molecule has 0 amide bonds. The second-order valence-corrected chi connectivity index (χ2v) is 8.05. The molecule has 0 radical (unpaired) electrons. The van der Waals surface area contributed by atoms with E-state index < -0.39 is 0 Å². The van der Waals surface area contributed by atoms with Crippen molar-refractivity contribution in [1.29, 1.82) is 0 Å². The summed E-state index contributed by atoms with van der Waals surface area (Å²) >= 11 is 0. The summed E-state index contributed by atoms with van der Waals surface area (Å²) in [5.41, 5.74) is 7.83. The van der Waals surface area contributed by atoms with E-state index in [-0.39, 0.29) is 0 Å². The number of para-hydroxylation sites is 1. The minimum Gasteiger partial charge on any atom is -0.456 e. The number of benzene rings is 4. The average molecular weight is 411 g/mol. The second kappa shape index (κ2) is 6.56. The van der Waals surface area contributed by atoms with E-state index in [1.807, 2.05) is 48.7 Å². The van der Waals surface area contributed by atoms with Crippen LogP contribution in [0.3, 0.4) is 0 Å². The van der Waals surface area contributed by atoms with E-state index in [4.69, 9.17) is 8.83 Å². The zero-order valence-electron chi connectivity index (χ0n) is 17.1. The molecule has 32 heavy (non-hydrogen) atoms. The Bertz CT molecular complexity index is 1770. The average Bonchev–Trinajstić information content (AvgIpc) is 3.40. The molecule has 3 heteroatoms. The highest BCUT2D eigenvalue weighted by molar-refractivity contribution is 6.15. The Labute approximate surface area is 183 Å². The van der Waals surface area contributed by atoms with Crippen molar-refractivity contribution in [2.75, 3.05) is 0 Å². The van der Waals surface area contributed by atoms with E-state index in [0.717, 1.165) is 66.3 Å². The lowest BCUT2D eigenvalue weighted by atomic mass is 9.99. The monoisotopic (exact) mass is 411 g/mol. The van der Waals surface area contributed by atoms with Crippen molar-refractivity contribution in [3.8, 4) is 22.4 Å². The number of fused-ring (bicyclic) bond motifs is 6. The van der Waals surface area contributed by atoms with Gasteiger partial charge in [-0.3, -0.25) is 4.98 Å². The van der Waals surface area contributed by atoms with Crippen LogP contribution in [0.15, 0.2) is 112 Å². The molecule has 0 bridgehead atoms. The molecule has 4 aromatic carbocycles. The Kier molecular flexibility index (Phi) is 3.55. The molecule has 3 nitrogen and oxygen atoms in total. The van der Waals surface area contributed by atoms with Crippen LogP contribution in [0.4, 0.5) is 0 Å². The summed E-state index contributed by atoms with van der Waals surface area (Å²) in [4.78, 5) is 4.49.